The highest BCUT2D eigenvalue weighted by molar-refractivity contribution is 6.30. The Hall–Kier alpha value is -1.32. The van der Waals surface area contributed by atoms with E-state index in [1.165, 1.54) is 0 Å². The summed E-state index contributed by atoms with van der Waals surface area (Å²) in [5, 5.41) is 0.738. The van der Waals surface area contributed by atoms with Crippen LogP contribution in [0.3, 0.4) is 0 Å². The molecule has 2 N–H and O–H groups in total. The highest BCUT2D eigenvalue weighted by Crippen LogP contribution is 2.26. The van der Waals surface area contributed by atoms with E-state index in [2.05, 4.69) is 23.4 Å². The number of benzene rings is 1. The lowest BCUT2D eigenvalue weighted by atomic mass is 10.00. The largest absolute Gasteiger partial charge is 0.326 e. The van der Waals surface area contributed by atoms with Crippen LogP contribution in [0.4, 0.5) is 0 Å². The van der Waals surface area contributed by atoms with Gasteiger partial charge in [0.2, 0.25) is 0 Å². The van der Waals surface area contributed by atoms with Crippen LogP contribution in [0.1, 0.15) is 44.1 Å². The Morgan fingerprint density at radius 1 is 1.16 bits per heavy atom. The number of halogens is 1. The molecule has 1 heterocycles. The summed E-state index contributed by atoms with van der Waals surface area (Å²) in [7, 11) is 0. The number of rotatable bonds is 4. The van der Waals surface area contributed by atoms with E-state index in [1.807, 2.05) is 43.6 Å². The van der Waals surface area contributed by atoms with Crippen LogP contribution in [0.5, 0.6) is 0 Å². The summed E-state index contributed by atoms with van der Waals surface area (Å²) in [5.74, 6) is 1.42. The molecule has 0 aliphatic carbocycles. The lowest BCUT2D eigenvalue weighted by Gasteiger charge is -2.26. The molecule has 0 saturated heterocycles. The van der Waals surface area contributed by atoms with E-state index < -0.39 is 0 Å². The van der Waals surface area contributed by atoms with Crippen LogP contribution in [0, 0.1) is 0 Å². The molecular weight excluding hydrogens is 258 g/mol. The first kappa shape index (κ1) is 14.1. The lowest BCUT2D eigenvalue weighted by molar-refractivity contribution is 0.471. The van der Waals surface area contributed by atoms with Gasteiger partial charge in [-0.2, -0.15) is 0 Å². The summed E-state index contributed by atoms with van der Waals surface area (Å²) >= 11 is 5.95. The maximum atomic E-state index is 6.19. The third-order valence-electron chi connectivity index (χ3n) is 3.22. The van der Waals surface area contributed by atoms with Gasteiger partial charge in [-0.15, -0.1) is 0 Å². The normalized spacial score (nSPS) is 14.6. The number of hydrogen-bond donors (Lipinski definition) is 1. The minimum absolute atomic E-state index is 0.00660. The highest BCUT2D eigenvalue weighted by Gasteiger charge is 2.21. The van der Waals surface area contributed by atoms with Gasteiger partial charge in [0.15, 0.2) is 0 Å². The maximum Gasteiger partial charge on any atom is 0.111 e. The SMILES string of the molecule is CC(C)c1nccn1C(c1ccc(Cl)cc1)C(C)N. The first-order chi connectivity index (χ1) is 9.00. The van der Waals surface area contributed by atoms with Crippen molar-refractivity contribution < 1.29 is 0 Å². The molecule has 2 aromatic rings. The molecule has 0 bridgehead atoms. The van der Waals surface area contributed by atoms with Crippen LogP contribution in [-0.4, -0.2) is 15.6 Å². The Labute approximate surface area is 119 Å². The number of nitrogens with two attached hydrogens (primary N) is 1. The second kappa shape index (κ2) is 5.76. The van der Waals surface area contributed by atoms with E-state index in [9.17, 15) is 0 Å². The van der Waals surface area contributed by atoms with Gasteiger partial charge in [0, 0.05) is 29.4 Å². The van der Waals surface area contributed by atoms with E-state index in [0.717, 1.165) is 16.4 Å². The van der Waals surface area contributed by atoms with Crippen molar-refractivity contribution >= 4 is 11.6 Å². The molecule has 0 aliphatic heterocycles. The van der Waals surface area contributed by atoms with Gasteiger partial charge in [0.25, 0.3) is 0 Å². The molecule has 2 atom stereocenters. The highest BCUT2D eigenvalue weighted by atomic mass is 35.5. The van der Waals surface area contributed by atoms with Crippen molar-refractivity contribution in [2.24, 2.45) is 5.73 Å². The summed E-state index contributed by atoms with van der Waals surface area (Å²) in [4.78, 5) is 4.44. The van der Waals surface area contributed by atoms with E-state index in [-0.39, 0.29) is 12.1 Å². The van der Waals surface area contributed by atoms with Crippen LogP contribution in [0.15, 0.2) is 36.7 Å². The third-order valence-corrected chi connectivity index (χ3v) is 3.48. The molecule has 4 heteroatoms. The molecule has 0 radical (unpaired) electrons. The van der Waals surface area contributed by atoms with E-state index in [0.29, 0.717) is 5.92 Å². The number of nitrogens with zero attached hydrogens (tertiary/aromatic N) is 2. The molecule has 2 rings (SSSR count). The van der Waals surface area contributed by atoms with Crippen molar-refractivity contribution in [2.75, 3.05) is 0 Å². The summed E-state index contributed by atoms with van der Waals surface area (Å²) < 4.78 is 2.17. The molecule has 102 valence electrons. The number of imidazole rings is 1. The van der Waals surface area contributed by atoms with Gasteiger partial charge < -0.3 is 10.3 Å². The summed E-state index contributed by atoms with van der Waals surface area (Å²) in [6.45, 7) is 6.29. The van der Waals surface area contributed by atoms with E-state index in [4.69, 9.17) is 17.3 Å². The van der Waals surface area contributed by atoms with Crippen molar-refractivity contribution in [1.82, 2.24) is 9.55 Å². The molecular formula is C15H20ClN3. The van der Waals surface area contributed by atoms with Gasteiger partial charge in [-0.1, -0.05) is 37.6 Å². The van der Waals surface area contributed by atoms with Crippen LogP contribution in [0.2, 0.25) is 5.02 Å². The zero-order chi connectivity index (χ0) is 14.0. The Bertz CT molecular complexity index is 529. The molecule has 0 amide bonds. The molecule has 0 spiro atoms. The van der Waals surface area contributed by atoms with Crippen molar-refractivity contribution in [3.8, 4) is 0 Å². The monoisotopic (exact) mass is 277 g/mol. The molecule has 19 heavy (non-hydrogen) atoms. The number of aromatic nitrogens is 2. The molecule has 2 unspecified atom stereocenters. The predicted molar refractivity (Wildman–Crippen MR) is 79.6 cm³/mol. The Kier molecular flexibility index (Phi) is 4.27. The van der Waals surface area contributed by atoms with E-state index in [1.54, 1.807) is 0 Å². The fourth-order valence-electron chi connectivity index (χ4n) is 2.38. The second-order valence-electron chi connectivity index (χ2n) is 5.20. The number of hydrogen-bond acceptors (Lipinski definition) is 2. The molecule has 3 nitrogen and oxygen atoms in total. The van der Waals surface area contributed by atoms with Crippen LogP contribution in [0.25, 0.3) is 0 Å². The van der Waals surface area contributed by atoms with Crippen molar-refractivity contribution in [3.05, 3.63) is 53.1 Å². The fraction of sp³-hybridized carbons (Fsp3) is 0.400. The molecule has 0 saturated carbocycles. The average molecular weight is 278 g/mol. The average Bonchev–Trinajstić information content (AvgIpc) is 2.80. The molecule has 1 aromatic carbocycles. The smallest absolute Gasteiger partial charge is 0.111 e. The fourth-order valence-corrected chi connectivity index (χ4v) is 2.51. The second-order valence-corrected chi connectivity index (χ2v) is 5.64. The van der Waals surface area contributed by atoms with Crippen LogP contribution >= 0.6 is 11.6 Å². The topological polar surface area (TPSA) is 43.8 Å². The van der Waals surface area contributed by atoms with E-state index >= 15 is 0 Å². The maximum absolute atomic E-state index is 6.19. The molecule has 1 aromatic heterocycles. The zero-order valence-corrected chi connectivity index (χ0v) is 12.3. The van der Waals surface area contributed by atoms with Crippen LogP contribution < -0.4 is 5.73 Å². The summed E-state index contributed by atoms with van der Waals surface area (Å²) in [5.41, 5.74) is 7.34. The van der Waals surface area contributed by atoms with Gasteiger partial charge in [0.1, 0.15) is 5.82 Å². The zero-order valence-electron chi connectivity index (χ0n) is 11.5. The van der Waals surface area contributed by atoms with Gasteiger partial charge in [0.05, 0.1) is 6.04 Å². The Morgan fingerprint density at radius 3 is 2.32 bits per heavy atom. The van der Waals surface area contributed by atoms with Crippen molar-refractivity contribution in [2.45, 2.75) is 38.8 Å². The quantitative estimate of drug-likeness (QED) is 0.928. The molecule has 0 fully saturated rings. The molecule has 0 aliphatic rings. The minimum Gasteiger partial charge on any atom is -0.326 e. The predicted octanol–water partition coefficient (Wildman–Crippen LogP) is 3.60. The first-order valence-electron chi connectivity index (χ1n) is 6.54. The standard InChI is InChI=1S/C15H20ClN3/c1-10(2)15-18-8-9-19(15)14(11(3)17)12-4-6-13(16)7-5-12/h4-11,14H,17H2,1-3H3. The van der Waals surface area contributed by atoms with Gasteiger partial charge in [-0.25, -0.2) is 4.98 Å². The minimum atomic E-state index is -0.00660. The van der Waals surface area contributed by atoms with Crippen LogP contribution in [-0.2, 0) is 0 Å². The summed E-state index contributed by atoms with van der Waals surface area (Å²) in [6.07, 6.45) is 3.83. The Balaban J connectivity index is 2.46. The van der Waals surface area contributed by atoms with Crippen molar-refractivity contribution in [1.29, 1.82) is 0 Å². The lowest BCUT2D eigenvalue weighted by Crippen LogP contribution is -2.31. The Morgan fingerprint density at radius 2 is 1.79 bits per heavy atom. The van der Waals surface area contributed by atoms with Crippen molar-refractivity contribution in [3.63, 3.8) is 0 Å². The third kappa shape index (κ3) is 2.99. The summed E-state index contributed by atoms with van der Waals surface area (Å²) in [6, 6.07) is 7.93. The van der Waals surface area contributed by atoms with Gasteiger partial charge in [-0.05, 0) is 24.6 Å². The van der Waals surface area contributed by atoms with Gasteiger partial charge in [-0.3, -0.25) is 0 Å². The first-order valence-corrected chi connectivity index (χ1v) is 6.92. The van der Waals surface area contributed by atoms with Gasteiger partial charge >= 0.3 is 0 Å².